The van der Waals surface area contributed by atoms with Crippen LogP contribution in [0.5, 0.6) is 11.5 Å². The predicted octanol–water partition coefficient (Wildman–Crippen LogP) is 8.34. The van der Waals surface area contributed by atoms with E-state index in [0.29, 0.717) is 12.0 Å². The highest BCUT2D eigenvalue weighted by molar-refractivity contribution is 5.51. The van der Waals surface area contributed by atoms with Gasteiger partial charge in [0.2, 0.25) is 0 Å². The van der Waals surface area contributed by atoms with Gasteiger partial charge >= 0.3 is 6.36 Å². The van der Waals surface area contributed by atoms with Gasteiger partial charge in [0, 0.05) is 6.61 Å². The molecule has 1 atom stereocenters. The highest BCUT2D eigenvalue weighted by Gasteiger charge is 2.35. The Morgan fingerprint density at radius 2 is 1.62 bits per heavy atom. The second-order valence-corrected chi connectivity index (χ2v) is 10.7. The molecular weight excluding hydrogens is 441 g/mol. The SMILES string of the molecule is CCCC1CCC(OCC2CCC(c3cc4c(c(OC(F)(F)F)c3)OC(CC)CC4)CC2)CC1. The number of ether oxygens (including phenoxy) is 3. The topological polar surface area (TPSA) is 27.7 Å². The van der Waals surface area contributed by atoms with Gasteiger partial charge in [-0.05, 0) is 106 Å². The lowest BCUT2D eigenvalue weighted by atomic mass is 9.78. The summed E-state index contributed by atoms with van der Waals surface area (Å²) in [4.78, 5) is 0. The molecular formula is C28H41F3O3. The summed E-state index contributed by atoms with van der Waals surface area (Å²) in [5.41, 5.74) is 1.82. The maximum absolute atomic E-state index is 13.1. The predicted molar refractivity (Wildman–Crippen MR) is 127 cm³/mol. The van der Waals surface area contributed by atoms with E-state index >= 15 is 0 Å². The van der Waals surface area contributed by atoms with Crippen LogP contribution in [0.4, 0.5) is 13.2 Å². The van der Waals surface area contributed by atoms with Gasteiger partial charge in [0.15, 0.2) is 11.5 Å². The molecule has 0 spiro atoms. The summed E-state index contributed by atoms with van der Waals surface area (Å²) in [5, 5.41) is 0. The van der Waals surface area contributed by atoms with Gasteiger partial charge in [0.1, 0.15) is 0 Å². The van der Waals surface area contributed by atoms with Crippen LogP contribution in [0.1, 0.15) is 108 Å². The summed E-state index contributed by atoms with van der Waals surface area (Å²) >= 11 is 0. The molecule has 0 saturated heterocycles. The molecule has 3 aliphatic rings. The molecule has 1 unspecified atom stereocenters. The summed E-state index contributed by atoms with van der Waals surface area (Å²) in [5.74, 6) is 1.84. The van der Waals surface area contributed by atoms with Crippen molar-refractivity contribution in [3.05, 3.63) is 23.3 Å². The Labute approximate surface area is 202 Å². The number of hydrogen-bond donors (Lipinski definition) is 0. The molecule has 3 nitrogen and oxygen atoms in total. The van der Waals surface area contributed by atoms with Crippen LogP contribution in [0.25, 0.3) is 0 Å². The molecule has 6 heteroatoms. The fourth-order valence-electron chi connectivity index (χ4n) is 6.20. The van der Waals surface area contributed by atoms with E-state index in [9.17, 15) is 13.2 Å². The number of hydrogen-bond acceptors (Lipinski definition) is 3. The summed E-state index contributed by atoms with van der Waals surface area (Å²) in [6, 6.07) is 3.65. The van der Waals surface area contributed by atoms with Crippen LogP contribution in [-0.4, -0.2) is 25.2 Å². The lowest BCUT2D eigenvalue weighted by Crippen LogP contribution is -2.26. The molecule has 0 bridgehead atoms. The van der Waals surface area contributed by atoms with E-state index < -0.39 is 6.36 Å². The van der Waals surface area contributed by atoms with Crippen molar-refractivity contribution in [2.45, 2.75) is 122 Å². The number of benzene rings is 1. The molecule has 2 fully saturated rings. The standard InChI is InChI=1S/C28H41F3O3/c1-3-5-19-8-13-25(14-9-19)32-18-20-6-10-21(11-7-20)23-16-22-12-15-24(4-2)33-27(22)26(17-23)34-28(29,30)31/h16-17,19-21,24-25H,3-15,18H2,1-2H3. The van der Waals surface area contributed by atoms with Gasteiger partial charge in [-0.15, -0.1) is 13.2 Å². The molecule has 0 aromatic heterocycles. The molecule has 34 heavy (non-hydrogen) atoms. The molecule has 0 N–H and O–H groups in total. The highest BCUT2D eigenvalue weighted by Crippen LogP contribution is 2.45. The van der Waals surface area contributed by atoms with E-state index in [-0.39, 0.29) is 23.5 Å². The van der Waals surface area contributed by atoms with Gasteiger partial charge in [-0.3, -0.25) is 0 Å². The van der Waals surface area contributed by atoms with Gasteiger partial charge in [0.25, 0.3) is 0 Å². The van der Waals surface area contributed by atoms with Crippen molar-refractivity contribution in [2.75, 3.05) is 6.61 Å². The van der Waals surface area contributed by atoms with Gasteiger partial charge < -0.3 is 14.2 Å². The second-order valence-electron chi connectivity index (χ2n) is 10.7. The smallest absolute Gasteiger partial charge is 0.486 e. The first kappa shape index (κ1) is 25.7. The largest absolute Gasteiger partial charge is 0.573 e. The molecule has 0 amide bonds. The zero-order valence-corrected chi connectivity index (χ0v) is 20.8. The average Bonchev–Trinajstić information content (AvgIpc) is 2.83. The molecule has 1 aromatic carbocycles. The maximum atomic E-state index is 13.1. The lowest BCUT2D eigenvalue weighted by molar-refractivity contribution is -0.275. The summed E-state index contributed by atoms with van der Waals surface area (Å²) < 4.78 is 56.0. The van der Waals surface area contributed by atoms with E-state index in [1.807, 2.05) is 6.92 Å². The molecule has 4 rings (SSSR count). The van der Waals surface area contributed by atoms with Crippen LogP contribution < -0.4 is 9.47 Å². The van der Waals surface area contributed by atoms with Crippen LogP contribution in [0.15, 0.2) is 12.1 Å². The quantitative estimate of drug-likeness (QED) is 0.373. The third kappa shape index (κ3) is 6.83. The van der Waals surface area contributed by atoms with Crippen molar-refractivity contribution in [3.8, 4) is 11.5 Å². The average molecular weight is 483 g/mol. The van der Waals surface area contributed by atoms with Crippen LogP contribution in [0.2, 0.25) is 0 Å². The molecule has 2 aliphatic carbocycles. The Morgan fingerprint density at radius 3 is 2.26 bits per heavy atom. The van der Waals surface area contributed by atoms with Crippen LogP contribution in [0, 0.1) is 11.8 Å². The van der Waals surface area contributed by atoms with E-state index in [2.05, 4.69) is 17.7 Å². The monoisotopic (exact) mass is 482 g/mol. The van der Waals surface area contributed by atoms with Crippen molar-refractivity contribution in [1.82, 2.24) is 0 Å². The minimum atomic E-state index is -4.72. The maximum Gasteiger partial charge on any atom is 0.573 e. The number of rotatable bonds is 8. The second kappa shape index (κ2) is 11.5. The third-order valence-electron chi connectivity index (χ3n) is 8.23. The lowest BCUT2D eigenvalue weighted by Gasteiger charge is -2.33. The fourth-order valence-corrected chi connectivity index (χ4v) is 6.20. The van der Waals surface area contributed by atoms with Gasteiger partial charge in [-0.2, -0.15) is 0 Å². The van der Waals surface area contributed by atoms with Crippen LogP contribution in [0.3, 0.4) is 0 Å². The molecule has 1 aliphatic heterocycles. The van der Waals surface area contributed by atoms with Crippen molar-refractivity contribution in [3.63, 3.8) is 0 Å². The third-order valence-corrected chi connectivity index (χ3v) is 8.23. The van der Waals surface area contributed by atoms with Gasteiger partial charge in [-0.1, -0.05) is 32.8 Å². The Balaban J connectivity index is 1.32. The highest BCUT2D eigenvalue weighted by atomic mass is 19.4. The van der Waals surface area contributed by atoms with E-state index in [1.165, 1.54) is 38.5 Å². The van der Waals surface area contributed by atoms with E-state index in [4.69, 9.17) is 9.47 Å². The van der Waals surface area contributed by atoms with Crippen LogP contribution in [-0.2, 0) is 11.2 Å². The van der Waals surface area contributed by atoms with Crippen molar-refractivity contribution < 1.29 is 27.4 Å². The van der Waals surface area contributed by atoms with Crippen molar-refractivity contribution in [2.24, 2.45) is 11.8 Å². The molecule has 1 aromatic rings. The fraction of sp³-hybridized carbons (Fsp3) is 0.786. The first-order chi connectivity index (χ1) is 16.3. The van der Waals surface area contributed by atoms with Crippen molar-refractivity contribution in [1.29, 1.82) is 0 Å². The molecule has 1 heterocycles. The summed E-state index contributed by atoms with van der Waals surface area (Å²) in [6.45, 7) is 5.09. The number of fused-ring (bicyclic) bond motifs is 1. The Kier molecular flexibility index (Phi) is 8.71. The van der Waals surface area contributed by atoms with Crippen LogP contribution >= 0.6 is 0 Å². The Hall–Kier alpha value is -1.43. The first-order valence-corrected chi connectivity index (χ1v) is 13.5. The van der Waals surface area contributed by atoms with Crippen molar-refractivity contribution >= 4 is 0 Å². The first-order valence-electron chi connectivity index (χ1n) is 13.5. The molecule has 192 valence electrons. The minimum absolute atomic E-state index is 0.0499. The van der Waals surface area contributed by atoms with Gasteiger partial charge in [0.05, 0.1) is 12.2 Å². The summed E-state index contributed by atoms with van der Waals surface area (Å²) in [7, 11) is 0. The summed E-state index contributed by atoms with van der Waals surface area (Å²) in [6.07, 6.45) is 9.71. The number of aryl methyl sites for hydroxylation is 1. The number of halogens is 3. The Morgan fingerprint density at radius 1 is 0.912 bits per heavy atom. The number of alkyl halides is 3. The minimum Gasteiger partial charge on any atom is -0.486 e. The van der Waals surface area contributed by atoms with E-state index in [0.717, 1.165) is 68.6 Å². The Bertz CT molecular complexity index is 778. The normalized spacial score (nSPS) is 29.9. The van der Waals surface area contributed by atoms with E-state index in [1.54, 1.807) is 6.07 Å². The zero-order valence-electron chi connectivity index (χ0n) is 20.8. The zero-order chi connectivity index (χ0) is 24.1. The molecule has 0 radical (unpaired) electrons. The molecule has 2 saturated carbocycles. The van der Waals surface area contributed by atoms with Gasteiger partial charge in [-0.25, -0.2) is 0 Å².